The van der Waals surface area contributed by atoms with Gasteiger partial charge < -0.3 is 11.1 Å². The summed E-state index contributed by atoms with van der Waals surface area (Å²) in [4.78, 5) is 11.9. The summed E-state index contributed by atoms with van der Waals surface area (Å²) in [6.07, 6.45) is 0. The van der Waals surface area contributed by atoms with Gasteiger partial charge in [-0.2, -0.15) is 5.26 Å². The van der Waals surface area contributed by atoms with Crippen LogP contribution < -0.4 is 11.1 Å². The van der Waals surface area contributed by atoms with Crippen LogP contribution in [-0.2, 0) is 0 Å². The summed E-state index contributed by atoms with van der Waals surface area (Å²) in [5, 5.41) is 18.8. The number of nitrogen functional groups attached to an aromatic ring is 1. The molecule has 0 spiro atoms. The number of hydrogen-bond donors (Lipinski definition) is 2. The van der Waals surface area contributed by atoms with Crippen LogP contribution in [0.15, 0.2) is 34.8 Å². The van der Waals surface area contributed by atoms with E-state index in [2.05, 4.69) is 31.4 Å². The molecule has 19 heavy (non-hydrogen) atoms. The first-order valence-corrected chi connectivity index (χ1v) is 5.99. The van der Waals surface area contributed by atoms with Gasteiger partial charge in [-0.1, -0.05) is 15.9 Å². The second kappa shape index (κ2) is 5.46. The van der Waals surface area contributed by atoms with Gasteiger partial charge >= 0.3 is 0 Å². The van der Waals surface area contributed by atoms with E-state index in [0.29, 0.717) is 11.3 Å². The third kappa shape index (κ3) is 3.05. The fourth-order valence-electron chi connectivity index (χ4n) is 1.37. The van der Waals surface area contributed by atoms with Crippen molar-refractivity contribution in [2.75, 3.05) is 11.1 Å². The van der Waals surface area contributed by atoms with Crippen LogP contribution in [0.5, 0.6) is 0 Å². The number of hydrogen-bond acceptors (Lipinski definition) is 5. The maximum absolute atomic E-state index is 11.9. The van der Waals surface area contributed by atoms with Crippen molar-refractivity contribution in [3.63, 3.8) is 0 Å². The monoisotopic (exact) mass is 317 g/mol. The fourth-order valence-corrected chi connectivity index (χ4v) is 1.73. The number of nitriles is 1. The highest BCUT2D eigenvalue weighted by Gasteiger charge is 2.11. The zero-order valence-corrected chi connectivity index (χ0v) is 11.2. The molecule has 0 fully saturated rings. The van der Waals surface area contributed by atoms with Gasteiger partial charge in [0.25, 0.3) is 5.91 Å². The minimum absolute atomic E-state index is 0.123. The molecule has 3 N–H and O–H groups in total. The Balaban J connectivity index is 2.26. The second-order valence-electron chi connectivity index (χ2n) is 3.60. The smallest absolute Gasteiger partial charge is 0.276 e. The molecule has 7 heteroatoms. The number of nitrogens with two attached hydrogens (primary N) is 1. The van der Waals surface area contributed by atoms with E-state index in [1.54, 1.807) is 18.2 Å². The van der Waals surface area contributed by atoms with Crippen molar-refractivity contribution in [2.45, 2.75) is 0 Å². The molecule has 94 valence electrons. The lowest BCUT2D eigenvalue weighted by Gasteiger charge is -2.06. The van der Waals surface area contributed by atoms with E-state index in [0.717, 1.165) is 4.47 Å². The van der Waals surface area contributed by atoms with Gasteiger partial charge in [-0.25, -0.2) is 0 Å². The zero-order chi connectivity index (χ0) is 13.8. The fraction of sp³-hybridized carbons (Fsp3) is 0. The molecule has 0 saturated heterocycles. The van der Waals surface area contributed by atoms with E-state index in [9.17, 15) is 4.79 Å². The van der Waals surface area contributed by atoms with Crippen molar-refractivity contribution in [1.82, 2.24) is 10.2 Å². The average molecular weight is 318 g/mol. The molecule has 0 saturated carbocycles. The standard InChI is InChI=1S/C12H8BrN5O/c13-8-2-1-7(6-14)10(5-8)16-12(19)9-3-4-11(15)18-17-9/h1-5H,(H2,15,18)(H,16,19). The van der Waals surface area contributed by atoms with Crippen LogP contribution in [0.25, 0.3) is 0 Å². The predicted molar refractivity (Wildman–Crippen MR) is 73.3 cm³/mol. The molecule has 1 amide bonds. The Kier molecular flexibility index (Phi) is 3.73. The molecular weight excluding hydrogens is 310 g/mol. The average Bonchev–Trinajstić information content (AvgIpc) is 2.39. The number of carbonyl (C=O) groups excluding carboxylic acids is 1. The van der Waals surface area contributed by atoms with E-state index in [4.69, 9.17) is 11.0 Å². The van der Waals surface area contributed by atoms with Gasteiger partial charge in [0.05, 0.1) is 11.3 Å². The van der Waals surface area contributed by atoms with Gasteiger partial charge in [0.2, 0.25) is 0 Å². The van der Waals surface area contributed by atoms with Crippen LogP contribution in [0.4, 0.5) is 11.5 Å². The van der Waals surface area contributed by atoms with E-state index in [1.165, 1.54) is 12.1 Å². The van der Waals surface area contributed by atoms with Crippen molar-refractivity contribution >= 4 is 33.3 Å². The van der Waals surface area contributed by atoms with Crippen molar-refractivity contribution in [2.24, 2.45) is 0 Å². The molecule has 1 aromatic carbocycles. The summed E-state index contributed by atoms with van der Waals surface area (Å²) in [6, 6.07) is 9.90. The van der Waals surface area contributed by atoms with Crippen molar-refractivity contribution in [3.8, 4) is 6.07 Å². The van der Waals surface area contributed by atoms with Crippen molar-refractivity contribution < 1.29 is 4.79 Å². The van der Waals surface area contributed by atoms with Gasteiger partial charge in [-0.05, 0) is 30.3 Å². The van der Waals surface area contributed by atoms with Gasteiger partial charge in [-0.3, -0.25) is 4.79 Å². The Hall–Kier alpha value is -2.46. The molecule has 0 bridgehead atoms. The van der Waals surface area contributed by atoms with E-state index in [-0.39, 0.29) is 11.5 Å². The molecule has 2 rings (SSSR count). The summed E-state index contributed by atoms with van der Waals surface area (Å²) in [7, 11) is 0. The van der Waals surface area contributed by atoms with Gasteiger partial charge in [0, 0.05) is 4.47 Å². The van der Waals surface area contributed by atoms with Crippen molar-refractivity contribution in [1.29, 1.82) is 5.26 Å². The molecule has 0 unspecified atom stereocenters. The topological polar surface area (TPSA) is 105 Å². The lowest BCUT2D eigenvalue weighted by molar-refractivity contribution is 0.102. The zero-order valence-electron chi connectivity index (χ0n) is 9.59. The Morgan fingerprint density at radius 3 is 2.74 bits per heavy atom. The maximum atomic E-state index is 11.9. The van der Waals surface area contributed by atoms with Gasteiger partial charge in [-0.15, -0.1) is 10.2 Å². The number of rotatable bonds is 2. The van der Waals surface area contributed by atoms with Crippen LogP contribution in [0.1, 0.15) is 16.1 Å². The minimum Gasteiger partial charge on any atom is -0.382 e. The molecule has 0 aliphatic carbocycles. The Labute approximate surface area is 117 Å². The van der Waals surface area contributed by atoms with Crippen LogP contribution in [0.3, 0.4) is 0 Å². The Morgan fingerprint density at radius 1 is 1.32 bits per heavy atom. The lowest BCUT2D eigenvalue weighted by atomic mass is 10.2. The number of nitrogens with zero attached hydrogens (tertiary/aromatic N) is 3. The Morgan fingerprint density at radius 2 is 2.11 bits per heavy atom. The normalized spacial score (nSPS) is 9.68. The number of anilines is 2. The highest BCUT2D eigenvalue weighted by atomic mass is 79.9. The number of aromatic nitrogens is 2. The molecule has 1 heterocycles. The summed E-state index contributed by atoms with van der Waals surface area (Å²) in [5.41, 5.74) is 6.28. The van der Waals surface area contributed by atoms with Crippen LogP contribution in [0.2, 0.25) is 0 Å². The molecule has 0 radical (unpaired) electrons. The van der Waals surface area contributed by atoms with Gasteiger partial charge in [0.1, 0.15) is 11.9 Å². The molecule has 1 aromatic heterocycles. The summed E-state index contributed by atoms with van der Waals surface area (Å²) < 4.78 is 0.755. The number of amides is 1. The van der Waals surface area contributed by atoms with Crippen LogP contribution in [-0.4, -0.2) is 16.1 Å². The first kappa shape index (κ1) is 13.0. The molecular formula is C12H8BrN5O. The lowest BCUT2D eigenvalue weighted by Crippen LogP contribution is -2.15. The molecule has 6 nitrogen and oxygen atoms in total. The number of nitrogens with one attached hydrogen (secondary N) is 1. The highest BCUT2D eigenvalue weighted by Crippen LogP contribution is 2.21. The molecule has 0 atom stereocenters. The molecule has 0 aliphatic rings. The quantitative estimate of drug-likeness (QED) is 0.880. The van der Waals surface area contributed by atoms with E-state index >= 15 is 0 Å². The Bertz CT molecular complexity index is 663. The first-order valence-electron chi connectivity index (χ1n) is 5.20. The number of carbonyl (C=O) groups is 1. The van der Waals surface area contributed by atoms with E-state index in [1.807, 2.05) is 6.07 Å². The molecule has 0 aliphatic heterocycles. The van der Waals surface area contributed by atoms with Gasteiger partial charge in [0.15, 0.2) is 5.69 Å². The largest absolute Gasteiger partial charge is 0.382 e. The maximum Gasteiger partial charge on any atom is 0.276 e. The number of halogens is 1. The van der Waals surface area contributed by atoms with Crippen LogP contribution >= 0.6 is 15.9 Å². The van der Waals surface area contributed by atoms with E-state index < -0.39 is 5.91 Å². The predicted octanol–water partition coefficient (Wildman–Crippen LogP) is 1.95. The number of benzene rings is 1. The first-order chi connectivity index (χ1) is 9.10. The SMILES string of the molecule is N#Cc1ccc(Br)cc1NC(=O)c1ccc(N)nn1. The third-order valence-electron chi connectivity index (χ3n) is 2.27. The summed E-state index contributed by atoms with van der Waals surface area (Å²) >= 11 is 3.28. The minimum atomic E-state index is -0.456. The second-order valence-corrected chi connectivity index (χ2v) is 4.51. The summed E-state index contributed by atoms with van der Waals surface area (Å²) in [6.45, 7) is 0. The summed E-state index contributed by atoms with van der Waals surface area (Å²) in [5.74, 6) is -0.223. The van der Waals surface area contributed by atoms with Crippen LogP contribution in [0, 0.1) is 11.3 Å². The third-order valence-corrected chi connectivity index (χ3v) is 2.76. The highest BCUT2D eigenvalue weighted by molar-refractivity contribution is 9.10. The molecule has 2 aromatic rings. The van der Waals surface area contributed by atoms with Crippen molar-refractivity contribution in [3.05, 3.63) is 46.1 Å².